The first-order valence-corrected chi connectivity index (χ1v) is 10.1. The zero-order chi connectivity index (χ0) is 17.5. The molecule has 0 bridgehead atoms. The van der Waals surface area contributed by atoms with E-state index in [1.807, 2.05) is 0 Å². The molecule has 0 radical (unpaired) electrons. The number of thiophene rings is 1. The highest BCUT2D eigenvalue weighted by molar-refractivity contribution is 7.22. The van der Waals surface area contributed by atoms with Gasteiger partial charge in [-0.05, 0) is 31.2 Å². The van der Waals surface area contributed by atoms with Crippen molar-refractivity contribution in [2.45, 2.75) is 6.92 Å². The van der Waals surface area contributed by atoms with Crippen molar-refractivity contribution < 1.29 is 4.74 Å². The van der Waals surface area contributed by atoms with Gasteiger partial charge in [-0.15, -0.1) is 11.3 Å². The van der Waals surface area contributed by atoms with Crippen molar-refractivity contribution in [3.8, 4) is 0 Å². The van der Waals surface area contributed by atoms with Crippen LogP contribution in [-0.2, 0) is 4.74 Å². The maximum Gasteiger partial charge on any atom is 0.186 e. The molecule has 132 valence electrons. The van der Waals surface area contributed by atoms with E-state index in [1.165, 1.54) is 9.58 Å². The smallest absolute Gasteiger partial charge is 0.186 e. The maximum absolute atomic E-state index is 5.43. The number of morpholine rings is 1. The zero-order valence-corrected chi connectivity index (χ0v) is 15.9. The molecule has 0 amide bonds. The quantitative estimate of drug-likeness (QED) is 0.572. The Morgan fingerprint density at radius 1 is 1.12 bits per heavy atom. The molecule has 26 heavy (non-hydrogen) atoms. The summed E-state index contributed by atoms with van der Waals surface area (Å²) in [5.41, 5.74) is 2.04. The van der Waals surface area contributed by atoms with Gasteiger partial charge in [0, 0.05) is 23.7 Å². The fourth-order valence-corrected chi connectivity index (χ4v) is 5.00. The first-order valence-electron chi connectivity index (χ1n) is 8.48. The van der Waals surface area contributed by atoms with Crippen LogP contribution < -0.4 is 10.2 Å². The molecule has 0 unspecified atom stereocenters. The molecular formula is C18H17N5OS2. The van der Waals surface area contributed by atoms with Crippen LogP contribution in [-0.4, -0.2) is 41.3 Å². The van der Waals surface area contributed by atoms with Crippen LogP contribution >= 0.6 is 22.7 Å². The summed E-state index contributed by atoms with van der Waals surface area (Å²) in [4.78, 5) is 18.1. The van der Waals surface area contributed by atoms with Crippen LogP contribution in [0.25, 0.3) is 20.4 Å². The van der Waals surface area contributed by atoms with Crippen molar-refractivity contribution in [1.82, 2.24) is 15.0 Å². The molecule has 0 aliphatic carbocycles. The van der Waals surface area contributed by atoms with Crippen LogP contribution in [0.3, 0.4) is 0 Å². The van der Waals surface area contributed by atoms with Crippen LogP contribution in [0.4, 0.5) is 16.6 Å². The average Bonchev–Trinajstić information content (AvgIpc) is 3.25. The summed E-state index contributed by atoms with van der Waals surface area (Å²) < 4.78 is 6.60. The number of anilines is 3. The van der Waals surface area contributed by atoms with Gasteiger partial charge in [0.25, 0.3) is 0 Å². The molecule has 5 rings (SSSR count). The summed E-state index contributed by atoms with van der Waals surface area (Å²) in [5.74, 6) is 0.844. The van der Waals surface area contributed by atoms with Gasteiger partial charge in [0.15, 0.2) is 5.13 Å². The van der Waals surface area contributed by atoms with Crippen LogP contribution in [0, 0.1) is 6.92 Å². The predicted molar refractivity (Wildman–Crippen MR) is 108 cm³/mol. The normalized spacial score (nSPS) is 15.0. The van der Waals surface area contributed by atoms with Gasteiger partial charge in [0.1, 0.15) is 17.0 Å². The van der Waals surface area contributed by atoms with Crippen molar-refractivity contribution in [3.63, 3.8) is 0 Å². The lowest BCUT2D eigenvalue weighted by Gasteiger charge is -2.25. The van der Waals surface area contributed by atoms with Gasteiger partial charge < -0.3 is 15.0 Å². The molecule has 1 fully saturated rings. The highest BCUT2D eigenvalue weighted by Crippen LogP contribution is 2.33. The number of aryl methyl sites for hydroxylation is 1. The minimum Gasteiger partial charge on any atom is -0.378 e. The van der Waals surface area contributed by atoms with Gasteiger partial charge in [-0.2, -0.15) is 0 Å². The van der Waals surface area contributed by atoms with Crippen molar-refractivity contribution in [3.05, 3.63) is 35.5 Å². The molecule has 0 spiro atoms. The van der Waals surface area contributed by atoms with E-state index in [-0.39, 0.29) is 0 Å². The van der Waals surface area contributed by atoms with Gasteiger partial charge in [0.05, 0.1) is 28.8 Å². The molecular weight excluding hydrogens is 366 g/mol. The summed E-state index contributed by atoms with van der Waals surface area (Å²) in [5, 5.41) is 5.57. The Morgan fingerprint density at radius 2 is 2.00 bits per heavy atom. The second kappa shape index (κ2) is 6.46. The first kappa shape index (κ1) is 15.9. The first-order chi connectivity index (χ1) is 12.8. The van der Waals surface area contributed by atoms with Crippen LogP contribution in [0.1, 0.15) is 4.88 Å². The average molecular weight is 384 g/mol. The minimum absolute atomic E-state index is 0.770. The monoisotopic (exact) mass is 383 g/mol. The number of rotatable bonds is 3. The fourth-order valence-electron chi connectivity index (χ4n) is 3.09. The van der Waals surface area contributed by atoms with Crippen molar-refractivity contribution >= 4 is 59.7 Å². The highest BCUT2D eigenvalue weighted by Gasteiger charge is 2.16. The lowest BCUT2D eigenvalue weighted by molar-refractivity contribution is 0.122. The minimum atomic E-state index is 0.770. The molecule has 1 aromatic carbocycles. The molecule has 1 saturated heterocycles. The van der Waals surface area contributed by atoms with E-state index in [0.717, 1.165) is 58.7 Å². The molecule has 0 atom stereocenters. The van der Waals surface area contributed by atoms with Gasteiger partial charge in [-0.3, -0.25) is 0 Å². The summed E-state index contributed by atoms with van der Waals surface area (Å²) in [7, 11) is 0. The van der Waals surface area contributed by atoms with Crippen molar-refractivity contribution in [1.29, 1.82) is 0 Å². The topological polar surface area (TPSA) is 63.2 Å². The number of ether oxygens (including phenoxy) is 1. The molecule has 0 saturated carbocycles. The van der Waals surface area contributed by atoms with Crippen LogP contribution in [0.15, 0.2) is 30.6 Å². The standard InChI is InChI=1S/C18H17N5OS2/c1-11-8-13-16(19-10-20-17(13)25-11)21-12-2-3-14-15(9-12)26-18(22-14)23-4-6-24-7-5-23/h2-3,8-10H,4-7H2,1H3,(H,19,20,21). The molecule has 4 aromatic rings. The van der Waals surface area contributed by atoms with Crippen LogP contribution in [0.2, 0.25) is 0 Å². The van der Waals surface area contributed by atoms with Crippen LogP contribution in [0.5, 0.6) is 0 Å². The van der Waals surface area contributed by atoms with E-state index in [0.29, 0.717) is 0 Å². The fraction of sp³-hybridized carbons (Fsp3) is 0.278. The number of nitrogens with one attached hydrogen (secondary N) is 1. The summed E-state index contributed by atoms with van der Waals surface area (Å²) >= 11 is 3.41. The lowest BCUT2D eigenvalue weighted by Crippen LogP contribution is -2.36. The lowest BCUT2D eigenvalue weighted by atomic mass is 10.3. The van der Waals surface area contributed by atoms with Crippen molar-refractivity contribution in [2.24, 2.45) is 0 Å². The number of hydrogen-bond acceptors (Lipinski definition) is 8. The van der Waals surface area contributed by atoms with Crippen molar-refractivity contribution in [2.75, 3.05) is 36.5 Å². The number of aromatic nitrogens is 3. The van der Waals surface area contributed by atoms with Gasteiger partial charge >= 0.3 is 0 Å². The summed E-state index contributed by atoms with van der Waals surface area (Å²) in [6.45, 7) is 5.44. The van der Waals surface area contributed by atoms with Gasteiger partial charge in [-0.1, -0.05) is 11.3 Å². The van der Waals surface area contributed by atoms with E-state index in [4.69, 9.17) is 9.72 Å². The number of fused-ring (bicyclic) bond motifs is 2. The largest absolute Gasteiger partial charge is 0.378 e. The third-order valence-electron chi connectivity index (χ3n) is 4.37. The Hall–Kier alpha value is -2.29. The molecule has 4 heterocycles. The highest BCUT2D eigenvalue weighted by atomic mass is 32.1. The second-order valence-corrected chi connectivity index (χ2v) is 8.45. The zero-order valence-electron chi connectivity index (χ0n) is 14.2. The molecule has 8 heteroatoms. The number of hydrogen-bond donors (Lipinski definition) is 1. The Morgan fingerprint density at radius 3 is 2.88 bits per heavy atom. The molecule has 1 aliphatic rings. The maximum atomic E-state index is 5.43. The Balaban J connectivity index is 1.47. The predicted octanol–water partition coefficient (Wildman–Crippen LogP) is 4.19. The van der Waals surface area contributed by atoms with E-state index in [1.54, 1.807) is 29.0 Å². The van der Waals surface area contributed by atoms with Gasteiger partial charge in [-0.25, -0.2) is 15.0 Å². The van der Waals surface area contributed by atoms with E-state index in [2.05, 4.69) is 51.4 Å². The Labute approximate surface area is 158 Å². The van der Waals surface area contributed by atoms with Gasteiger partial charge in [0.2, 0.25) is 0 Å². The molecule has 1 aliphatic heterocycles. The molecule has 3 aromatic heterocycles. The summed E-state index contributed by atoms with van der Waals surface area (Å²) in [6, 6.07) is 8.39. The Kier molecular flexibility index (Phi) is 3.96. The summed E-state index contributed by atoms with van der Waals surface area (Å²) in [6.07, 6.45) is 1.61. The van der Waals surface area contributed by atoms with E-state index < -0.39 is 0 Å². The number of nitrogens with zero attached hydrogens (tertiary/aromatic N) is 4. The van der Waals surface area contributed by atoms with E-state index >= 15 is 0 Å². The Bertz CT molecular complexity index is 1080. The third-order valence-corrected chi connectivity index (χ3v) is 6.41. The SMILES string of the molecule is Cc1cc2c(Nc3ccc4nc(N5CCOCC5)sc4c3)ncnc2s1. The number of benzene rings is 1. The molecule has 1 N–H and O–H groups in total. The molecule has 6 nitrogen and oxygen atoms in total. The number of thiazole rings is 1. The third kappa shape index (κ3) is 2.90. The van der Waals surface area contributed by atoms with E-state index in [9.17, 15) is 0 Å². The second-order valence-electron chi connectivity index (χ2n) is 6.20.